The number of nitrogens with one attached hydrogen (secondary N) is 1. The molecule has 0 radical (unpaired) electrons. The van der Waals surface area contributed by atoms with Crippen molar-refractivity contribution in [1.82, 2.24) is 5.32 Å². The zero-order valence-electron chi connectivity index (χ0n) is 13.9. The van der Waals surface area contributed by atoms with Gasteiger partial charge in [-0.25, -0.2) is 0 Å². The number of carbonyl (C=O) groups excluding carboxylic acids is 2. The lowest BCUT2D eigenvalue weighted by atomic mass is 10.1. The van der Waals surface area contributed by atoms with Gasteiger partial charge in [-0.1, -0.05) is 18.2 Å². The van der Waals surface area contributed by atoms with Crippen molar-refractivity contribution >= 4 is 23.2 Å². The molecular weight excluding hydrogens is 320 g/mol. The average molecular weight is 340 g/mol. The maximum Gasteiger partial charge on any atom is 0.267 e. The van der Waals surface area contributed by atoms with Gasteiger partial charge in [0, 0.05) is 18.9 Å². The summed E-state index contributed by atoms with van der Waals surface area (Å²) in [6, 6.07) is 12.1. The van der Waals surface area contributed by atoms with Crippen molar-refractivity contribution in [3.63, 3.8) is 0 Å². The molecular formula is C18H20N4O3. The maximum atomic E-state index is 12.5. The van der Waals surface area contributed by atoms with E-state index in [4.69, 9.17) is 10.2 Å². The lowest BCUT2D eigenvalue weighted by Crippen LogP contribution is -2.41. The summed E-state index contributed by atoms with van der Waals surface area (Å²) >= 11 is 0. The van der Waals surface area contributed by atoms with Crippen LogP contribution in [-0.4, -0.2) is 29.6 Å². The standard InChI is InChI=1S/C18H20N4O3/c1-12(10-14-8-5-9-25-14)20-18(24)15-11-16(17(19)23)22(21-15)13-6-3-2-4-7-13/h2-9,12,16H,10-11H2,1H3,(H2,19,23)(H,20,24)/t12-,16-/m0/s1. The van der Waals surface area contributed by atoms with Crippen molar-refractivity contribution in [2.75, 3.05) is 5.01 Å². The second kappa shape index (κ2) is 7.21. The summed E-state index contributed by atoms with van der Waals surface area (Å²) in [6.07, 6.45) is 2.36. The molecule has 130 valence electrons. The number of hydrogen-bond donors (Lipinski definition) is 2. The lowest BCUT2D eigenvalue weighted by molar-refractivity contribution is -0.119. The first-order valence-electron chi connectivity index (χ1n) is 8.09. The van der Waals surface area contributed by atoms with Gasteiger partial charge in [0.2, 0.25) is 5.91 Å². The molecule has 1 aromatic carbocycles. The first-order chi connectivity index (χ1) is 12.0. The summed E-state index contributed by atoms with van der Waals surface area (Å²) < 4.78 is 5.28. The number of rotatable bonds is 6. The zero-order chi connectivity index (χ0) is 17.8. The van der Waals surface area contributed by atoms with Crippen molar-refractivity contribution < 1.29 is 14.0 Å². The normalized spacial score (nSPS) is 17.9. The van der Waals surface area contributed by atoms with Crippen LogP contribution in [0.25, 0.3) is 0 Å². The Bertz CT molecular complexity index is 771. The van der Waals surface area contributed by atoms with Gasteiger partial charge in [0.1, 0.15) is 17.5 Å². The highest BCUT2D eigenvalue weighted by atomic mass is 16.3. The number of benzene rings is 1. The summed E-state index contributed by atoms with van der Waals surface area (Å²) in [5.41, 5.74) is 6.49. The molecule has 2 aromatic rings. The third-order valence-electron chi connectivity index (χ3n) is 3.99. The Kier molecular flexibility index (Phi) is 4.83. The number of hydrazone groups is 1. The molecule has 0 bridgehead atoms. The van der Waals surface area contributed by atoms with Gasteiger partial charge in [-0.2, -0.15) is 5.10 Å². The largest absolute Gasteiger partial charge is 0.469 e. The molecule has 0 spiro atoms. The van der Waals surface area contributed by atoms with E-state index in [2.05, 4.69) is 10.4 Å². The molecule has 1 aliphatic rings. The van der Waals surface area contributed by atoms with E-state index in [1.54, 1.807) is 12.3 Å². The van der Waals surface area contributed by atoms with E-state index in [0.717, 1.165) is 11.4 Å². The molecule has 2 atom stereocenters. The SMILES string of the molecule is C[C@@H](Cc1ccco1)NC(=O)C1=NN(c2ccccc2)[C@H](C(N)=O)C1. The van der Waals surface area contributed by atoms with Gasteiger partial charge in [0.05, 0.1) is 12.0 Å². The van der Waals surface area contributed by atoms with Crippen LogP contribution in [0.4, 0.5) is 5.69 Å². The van der Waals surface area contributed by atoms with Crippen molar-refractivity contribution in [2.45, 2.75) is 31.8 Å². The Morgan fingerprint density at radius 1 is 1.32 bits per heavy atom. The summed E-state index contributed by atoms with van der Waals surface area (Å²) in [4.78, 5) is 24.2. The Labute approximate surface area is 145 Å². The van der Waals surface area contributed by atoms with Gasteiger partial charge in [-0.15, -0.1) is 0 Å². The number of nitrogens with two attached hydrogens (primary N) is 1. The second-order valence-electron chi connectivity index (χ2n) is 6.01. The van der Waals surface area contributed by atoms with Gasteiger partial charge < -0.3 is 15.5 Å². The van der Waals surface area contributed by atoms with Crippen LogP contribution in [0, 0.1) is 0 Å². The fraction of sp³-hybridized carbons (Fsp3) is 0.278. The average Bonchev–Trinajstić information content (AvgIpc) is 3.24. The smallest absolute Gasteiger partial charge is 0.267 e. The van der Waals surface area contributed by atoms with Crippen LogP contribution < -0.4 is 16.1 Å². The number of hydrogen-bond acceptors (Lipinski definition) is 5. The van der Waals surface area contributed by atoms with Crippen LogP contribution >= 0.6 is 0 Å². The molecule has 2 amide bonds. The van der Waals surface area contributed by atoms with Crippen LogP contribution in [0.1, 0.15) is 19.1 Å². The topological polar surface area (TPSA) is 101 Å². The first kappa shape index (κ1) is 16.8. The van der Waals surface area contributed by atoms with E-state index < -0.39 is 11.9 Å². The summed E-state index contributed by atoms with van der Waals surface area (Å²) in [5, 5.41) is 8.72. The Morgan fingerprint density at radius 2 is 2.08 bits per heavy atom. The summed E-state index contributed by atoms with van der Waals surface area (Å²) in [7, 11) is 0. The third-order valence-corrected chi connectivity index (χ3v) is 3.99. The lowest BCUT2D eigenvalue weighted by Gasteiger charge is -2.20. The molecule has 0 aliphatic carbocycles. The van der Waals surface area contributed by atoms with E-state index in [0.29, 0.717) is 12.1 Å². The minimum Gasteiger partial charge on any atom is -0.469 e. The molecule has 25 heavy (non-hydrogen) atoms. The second-order valence-corrected chi connectivity index (χ2v) is 6.01. The van der Waals surface area contributed by atoms with Gasteiger partial charge in [-0.05, 0) is 31.2 Å². The molecule has 7 nitrogen and oxygen atoms in total. The van der Waals surface area contributed by atoms with Gasteiger partial charge >= 0.3 is 0 Å². The highest BCUT2D eigenvalue weighted by Gasteiger charge is 2.35. The van der Waals surface area contributed by atoms with Crippen molar-refractivity contribution in [2.24, 2.45) is 10.8 Å². The number of para-hydroxylation sites is 1. The van der Waals surface area contributed by atoms with E-state index in [1.165, 1.54) is 5.01 Å². The fourth-order valence-electron chi connectivity index (χ4n) is 2.78. The Morgan fingerprint density at radius 3 is 2.72 bits per heavy atom. The van der Waals surface area contributed by atoms with Gasteiger partial charge in [-0.3, -0.25) is 14.6 Å². The third kappa shape index (κ3) is 3.88. The van der Waals surface area contributed by atoms with Crippen LogP contribution in [0.15, 0.2) is 58.2 Å². The number of furan rings is 1. The van der Waals surface area contributed by atoms with Crippen molar-refractivity contribution in [3.8, 4) is 0 Å². The summed E-state index contributed by atoms with van der Waals surface area (Å²) in [5.74, 6) is -0.0233. The van der Waals surface area contributed by atoms with Crippen LogP contribution in [0.5, 0.6) is 0 Å². The number of nitrogens with zero attached hydrogens (tertiary/aromatic N) is 2. The van der Waals surface area contributed by atoms with Gasteiger partial charge in [0.15, 0.2) is 0 Å². The number of carbonyl (C=O) groups is 2. The Hall–Kier alpha value is -3.09. The molecule has 3 N–H and O–H groups in total. The van der Waals surface area contributed by atoms with Crippen molar-refractivity contribution in [1.29, 1.82) is 0 Å². The van der Waals surface area contributed by atoms with Crippen molar-refractivity contribution in [3.05, 3.63) is 54.5 Å². The predicted molar refractivity (Wildman–Crippen MR) is 94.0 cm³/mol. The van der Waals surface area contributed by atoms with E-state index in [-0.39, 0.29) is 18.4 Å². The monoisotopic (exact) mass is 340 g/mol. The fourth-order valence-corrected chi connectivity index (χ4v) is 2.78. The molecule has 0 unspecified atom stereocenters. The number of anilines is 1. The quantitative estimate of drug-likeness (QED) is 0.831. The number of amides is 2. The molecule has 3 rings (SSSR count). The van der Waals surface area contributed by atoms with Crippen LogP contribution in [-0.2, 0) is 16.0 Å². The van der Waals surface area contributed by atoms with Crippen LogP contribution in [0.2, 0.25) is 0 Å². The van der Waals surface area contributed by atoms with E-state index in [1.807, 2.05) is 43.3 Å². The first-order valence-corrected chi connectivity index (χ1v) is 8.09. The van der Waals surface area contributed by atoms with E-state index in [9.17, 15) is 9.59 Å². The highest BCUT2D eigenvalue weighted by Crippen LogP contribution is 2.24. The maximum absolute atomic E-state index is 12.5. The number of primary amides is 1. The zero-order valence-corrected chi connectivity index (χ0v) is 13.9. The molecule has 1 aliphatic heterocycles. The molecule has 2 heterocycles. The predicted octanol–water partition coefficient (Wildman–Crippen LogP) is 1.45. The molecule has 0 fully saturated rings. The minimum atomic E-state index is -0.663. The van der Waals surface area contributed by atoms with Gasteiger partial charge in [0.25, 0.3) is 5.91 Å². The molecule has 0 saturated carbocycles. The minimum absolute atomic E-state index is 0.126. The molecule has 1 aromatic heterocycles. The van der Waals surface area contributed by atoms with E-state index >= 15 is 0 Å². The highest BCUT2D eigenvalue weighted by molar-refractivity contribution is 6.40. The van der Waals surface area contributed by atoms with Crippen LogP contribution in [0.3, 0.4) is 0 Å². The molecule has 7 heteroatoms. The summed E-state index contributed by atoms with van der Waals surface area (Å²) in [6.45, 7) is 1.89. The Balaban J connectivity index is 1.70. The molecule has 0 saturated heterocycles.